The van der Waals surface area contributed by atoms with E-state index in [-0.39, 0.29) is 38.8 Å². The largest absolute Gasteiger partial charge is 0.488 e. The lowest BCUT2D eigenvalue weighted by Crippen LogP contribution is -2.22. The van der Waals surface area contributed by atoms with Gasteiger partial charge in [0, 0.05) is 36.6 Å². The van der Waals surface area contributed by atoms with Crippen LogP contribution < -0.4 is 20.1 Å². The number of carbonyl (C=O) groups excluding carboxylic acids is 2. The lowest BCUT2D eigenvalue weighted by Gasteiger charge is -2.13. The Balaban J connectivity index is 1.32. The zero-order chi connectivity index (χ0) is 27.7. The predicted octanol–water partition coefficient (Wildman–Crippen LogP) is 3.82. The summed E-state index contributed by atoms with van der Waals surface area (Å²) in [6.07, 6.45) is 3.09. The van der Waals surface area contributed by atoms with E-state index >= 15 is 0 Å². The Morgan fingerprint density at radius 2 is 1.97 bits per heavy atom. The number of fused-ring (bicyclic) bond motifs is 1. The molecule has 0 radical (unpaired) electrons. The minimum Gasteiger partial charge on any atom is -0.488 e. The summed E-state index contributed by atoms with van der Waals surface area (Å²) in [5.41, 5.74) is 1.23. The number of hydrogen-bond donors (Lipinski definition) is 3. The fourth-order valence-corrected chi connectivity index (χ4v) is 5.32. The van der Waals surface area contributed by atoms with Gasteiger partial charge in [0.15, 0.2) is 11.9 Å². The van der Waals surface area contributed by atoms with Crippen molar-refractivity contribution in [3.8, 4) is 5.75 Å². The van der Waals surface area contributed by atoms with E-state index in [1.54, 1.807) is 23.7 Å². The molecular weight excluding hydrogens is 571 g/mol. The molecule has 1 saturated heterocycles. The number of nitrogens with one attached hydrogen (secondary N) is 3. The summed E-state index contributed by atoms with van der Waals surface area (Å²) >= 11 is 12.9. The molecule has 1 fully saturated rings. The normalized spacial score (nSPS) is 15.1. The lowest BCUT2D eigenvalue weighted by atomic mass is 10.2. The molecule has 2 amide bonds. The minimum atomic E-state index is -3.90. The lowest BCUT2D eigenvalue weighted by molar-refractivity contribution is 0.101. The zero-order valence-corrected chi connectivity index (χ0v) is 22.5. The zero-order valence-electron chi connectivity index (χ0n) is 20.1. The Kier molecular flexibility index (Phi) is 7.21. The van der Waals surface area contributed by atoms with Gasteiger partial charge in [-0.3, -0.25) is 14.5 Å². The molecular formula is C24H20Cl2N6O6S. The molecule has 0 spiro atoms. The van der Waals surface area contributed by atoms with Gasteiger partial charge in [0.1, 0.15) is 23.1 Å². The fraction of sp³-hybridized carbons (Fsp3) is 0.167. The second-order valence-corrected chi connectivity index (χ2v) is 10.9. The van der Waals surface area contributed by atoms with E-state index in [1.807, 2.05) is 0 Å². The van der Waals surface area contributed by atoms with Crippen LogP contribution in [0.1, 0.15) is 10.5 Å². The first-order valence-electron chi connectivity index (χ1n) is 11.4. The van der Waals surface area contributed by atoms with Gasteiger partial charge < -0.3 is 24.7 Å². The van der Waals surface area contributed by atoms with Crippen molar-refractivity contribution >= 4 is 67.6 Å². The molecule has 5 rings (SSSR count). The molecule has 12 nitrogen and oxygen atoms in total. The summed E-state index contributed by atoms with van der Waals surface area (Å²) < 4.78 is 40.0. The Morgan fingerprint density at radius 3 is 2.64 bits per heavy atom. The summed E-state index contributed by atoms with van der Waals surface area (Å²) in [5, 5.41) is 6.18. The maximum atomic E-state index is 13.1. The first-order valence-corrected chi connectivity index (χ1v) is 13.6. The number of aromatic nitrogens is 3. The van der Waals surface area contributed by atoms with E-state index in [2.05, 4.69) is 25.3 Å². The van der Waals surface area contributed by atoms with Crippen LogP contribution in [0, 0.1) is 0 Å². The van der Waals surface area contributed by atoms with Crippen LogP contribution in [0.3, 0.4) is 0 Å². The molecule has 0 saturated carbocycles. The van der Waals surface area contributed by atoms with E-state index in [1.165, 1.54) is 42.9 Å². The van der Waals surface area contributed by atoms with Gasteiger partial charge in [-0.15, -0.1) is 0 Å². The monoisotopic (exact) mass is 590 g/mol. The molecule has 4 aromatic rings. The molecule has 3 heterocycles. The van der Waals surface area contributed by atoms with Gasteiger partial charge in [-0.05, 0) is 30.3 Å². The SMILES string of the molecule is Cn1c(C(=O)Nc2ccc(S(=O)(=O)Nc3cnccn3)cc2)cc2c(Cl)c(Cl)c(OC[C@@H]3CNC(=O)O3)cc21. The highest BCUT2D eigenvalue weighted by Crippen LogP contribution is 2.40. The molecule has 202 valence electrons. The third-order valence-corrected chi connectivity index (χ3v) is 8.06. The first kappa shape index (κ1) is 26.5. The number of sulfonamides is 1. The first-order chi connectivity index (χ1) is 18.6. The van der Waals surface area contributed by atoms with Crippen LogP contribution in [-0.2, 0) is 21.8 Å². The summed E-state index contributed by atoms with van der Waals surface area (Å²) in [4.78, 5) is 32.0. The Morgan fingerprint density at radius 1 is 1.21 bits per heavy atom. The van der Waals surface area contributed by atoms with Gasteiger partial charge in [-0.25, -0.2) is 18.2 Å². The van der Waals surface area contributed by atoms with Gasteiger partial charge in [0.05, 0.1) is 28.2 Å². The second kappa shape index (κ2) is 10.6. The maximum Gasteiger partial charge on any atom is 0.407 e. The molecule has 1 aliphatic heterocycles. The number of aryl methyl sites for hydroxylation is 1. The average Bonchev–Trinajstić information content (AvgIpc) is 3.48. The van der Waals surface area contributed by atoms with E-state index in [0.29, 0.717) is 23.1 Å². The molecule has 0 bridgehead atoms. The third-order valence-electron chi connectivity index (χ3n) is 5.82. The van der Waals surface area contributed by atoms with Crippen molar-refractivity contribution in [1.29, 1.82) is 0 Å². The fourth-order valence-electron chi connectivity index (χ4n) is 3.87. The van der Waals surface area contributed by atoms with E-state index in [0.717, 1.165) is 0 Å². The van der Waals surface area contributed by atoms with Crippen molar-refractivity contribution in [2.24, 2.45) is 7.05 Å². The molecule has 1 atom stereocenters. The van der Waals surface area contributed by atoms with Crippen molar-refractivity contribution < 1.29 is 27.5 Å². The van der Waals surface area contributed by atoms with Crippen LogP contribution >= 0.6 is 23.2 Å². The number of ether oxygens (including phenoxy) is 2. The number of benzene rings is 2. The van der Waals surface area contributed by atoms with E-state index < -0.39 is 28.1 Å². The number of halogens is 2. The topological polar surface area (TPSA) is 154 Å². The van der Waals surface area contributed by atoms with Crippen molar-refractivity contribution in [3.63, 3.8) is 0 Å². The average molecular weight is 591 g/mol. The molecule has 2 aromatic heterocycles. The highest BCUT2D eigenvalue weighted by Gasteiger charge is 2.25. The Bertz CT molecular complexity index is 1680. The van der Waals surface area contributed by atoms with Crippen molar-refractivity contribution in [1.82, 2.24) is 19.9 Å². The molecule has 0 aliphatic carbocycles. The summed E-state index contributed by atoms with van der Waals surface area (Å²) in [6.45, 7) is 0.379. The summed E-state index contributed by atoms with van der Waals surface area (Å²) in [5.74, 6) is -0.102. The number of amides is 2. The van der Waals surface area contributed by atoms with Gasteiger partial charge in [-0.1, -0.05) is 23.2 Å². The number of alkyl carbamates (subject to hydrolysis) is 1. The molecule has 15 heteroatoms. The van der Waals surface area contributed by atoms with Crippen molar-refractivity contribution in [2.45, 2.75) is 11.0 Å². The van der Waals surface area contributed by atoms with Gasteiger partial charge in [0.25, 0.3) is 15.9 Å². The van der Waals surface area contributed by atoms with Crippen LogP contribution in [0.4, 0.5) is 16.3 Å². The van der Waals surface area contributed by atoms with E-state index in [4.69, 9.17) is 32.7 Å². The number of hydrogen-bond acceptors (Lipinski definition) is 8. The quantitative estimate of drug-likeness (QED) is 0.280. The van der Waals surface area contributed by atoms with Crippen molar-refractivity contribution in [2.75, 3.05) is 23.2 Å². The van der Waals surface area contributed by atoms with Gasteiger partial charge in [-0.2, -0.15) is 0 Å². The number of carbonyl (C=O) groups is 2. The highest BCUT2D eigenvalue weighted by atomic mass is 35.5. The molecule has 1 aliphatic rings. The van der Waals surface area contributed by atoms with Crippen LogP contribution in [0.2, 0.25) is 10.0 Å². The minimum absolute atomic E-state index is 0.0205. The molecule has 3 N–H and O–H groups in total. The highest BCUT2D eigenvalue weighted by molar-refractivity contribution is 7.92. The van der Waals surface area contributed by atoms with Gasteiger partial charge >= 0.3 is 6.09 Å². The number of nitrogens with zero attached hydrogens (tertiary/aromatic N) is 3. The van der Waals surface area contributed by atoms with Crippen molar-refractivity contribution in [3.05, 3.63) is 70.7 Å². The van der Waals surface area contributed by atoms with Crippen LogP contribution in [0.15, 0.2) is 59.9 Å². The van der Waals surface area contributed by atoms with Crippen LogP contribution in [0.5, 0.6) is 5.75 Å². The maximum absolute atomic E-state index is 13.1. The van der Waals surface area contributed by atoms with Gasteiger partial charge in [0.2, 0.25) is 0 Å². The number of anilines is 2. The standard InChI is InChI=1S/C24H20Cl2N6O6S/c1-32-17-9-19(37-12-14-10-29-24(34)38-14)22(26)21(25)16(17)8-18(32)23(33)30-13-2-4-15(5-3-13)39(35,36)31-20-11-27-6-7-28-20/h2-9,11,14H,10,12H2,1H3,(H,28,31)(H,29,34)(H,30,33)/t14-/m0/s1. The smallest absolute Gasteiger partial charge is 0.407 e. The predicted molar refractivity (Wildman–Crippen MR) is 144 cm³/mol. The van der Waals surface area contributed by atoms with Crippen LogP contribution in [-0.4, -0.2) is 54.2 Å². The third kappa shape index (κ3) is 5.55. The summed E-state index contributed by atoms with van der Waals surface area (Å²) in [7, 11) is -2.21. The summed E-state index contributed by atoms with van der Waals surface area (Å²) in [6, 6.07) is 8.88. The van der Waals surface area contributed by atoms with E-state index in [9.17, 15) is 18.0 Å². The molecule has 2 aromatic carbocycles. The Labute approximate surface area is 232 Å². The van der Waals surface area contributed by atoms with Crippen LogP contribution in [0.25, 0.3) is 10.9 Å². The number of rotatable bonds is 8. The second-order valence-electron chi connectivity index (χ2n) is 8.42. The molecule has 39 heavy (non-hydrogen) atoms. The Hall–Kier alpha value is -4.07. The molecule has 0 unspecified atom stereocenters. The number of cyclic esters (lactones) is 1.